The van der Waals surface area contributed by atoms with Crippen LogP contribution in [0.25, 0.3) is 0 Å². The number of carbonyl (C=O) groups is 2. The topological polar surface area (TPSA) is 75.4 Å². The second-order valence-electron chi connectivity index (χ2n) is 5.52. The third kappa shape index (κ3) is 4.36. The fourth-order valence-electron chi connectivity index (χ4n) is 2.40. The fourth-order valence-corrected chi connectivity index (χ4v) is 2.86. The van der Waals surface area contributed by atoms with E-state index in [9.17, 15) is 9.59 Å². The number of likely N-dealkylation sites (tertiary alicyclic amines) is 1. The summed E-state index contributed by atoms with van der Waals surface area (Å²) in [6, 6.07) is 7.11. The zero-order chi connectivity index (χ0) is 15.4. The maximum Gasteiger partial charge on any atom is 0.259 e. The van der Waals surface area contributed by atoms with Crippen molar-refractivity contribution in [3.8, 4) is 0 Å². The number of amides is 2. The highest BCUT2D eigenvalue weighted by atomic mass is 79.9. The van der Waals surface area contributed by atoms with Crippen molar-refractivity contribution in [2.45, 2.75) is 19.4 Å². The van der Waals surface area contributed by atoms with Crippen LogP contribution in [0.15, 0.2) is 28.7 Å². The molecule has 3 N–H and O–H groups in total. The van der Waals surface area contributed by atoms with E-state index in [1.54, 1.807) is 18.2 Å². The van der Waals surface area contributed by atoms with Gasteiger partial charge in [0, 0.05) is 17.1 Å². The number of nitrogens with one attached hydrogen (secondary N) is 1. The van der Waals surface area contributed by atoms with Gasteiger partial charge in [0.25, 0.3) is 5.91 Å². The molecule has 1 aliphatic rings. The normalized spacial score (nSPS) is 22.8. The molecular weight excluding hydrogens is 334 g/mol. The molecule has 0 saturated carbocycles. The van der Waals surface area contributed by atoms with E-state index in [1.165, 1.54) is 0 Å². The number of halogens is 1. The van der Waals surface area contributed by atoms with Gasteiger partial charge in [-0.15, -0.1) is 0 Å². The van der Waals surface area contributed by atoms with Gasteiger partial charge in [-0.2, -0.15) is 0 Å². The predicted octanol–water partition coefficient (Wildman–Crippen LogP) is 1.37. The minimum Gasteiger partial charge on any atom is -0.326 e. The van der Waals surface area contributed by atoms with Gasteiger partial charge in [0.05, 0.1) is 12.1 Å². The highest BCUT2D eigenvalue weighted by Gasteiger charge is 2.25. The predicted molar refractivity (Wildman–Crippen MR) is 84.8 cm³/mol. The zero-order valence-corrected chi connectivity index (χ0v) is 13.6. The van der Waals surface area contributed by atoms with Gasteiger partial charge in [-0.3, -0.25) is 19.8 Å². The molecule has 1 aliphatic heterocycles. The molecule has 2 unspecified atom stereocenters. The number of hydrogen-bond donors (Lipinski definition) is 2. The van der Waals surface area contributed by atoms with E-state index in [-0.39, 0.29) is 24.4 Å². The molecule has 0 radical (unpaired) electrons. The Hall–Kier alpha value is -1.24. The minimum absolute atomic E-state index is 0.0884. The van der Waals surface area contributed by atoms with Crippen molar-refractivity contribution >= 4 is 27.7 Å². The van der Waals surface area contributed by atoms with Gasteiger partial charge in [-0.25, -0.2) is 0 Å². The Morgan fingerprint density at radius 3 is 2.81 bits per heavy atom. The van der Waals surface area contributed by atoms with Crippen LogP contribution in [0, 0.1) is 5.92 Å². The van der Waals surface area contributed by atoms with E-state index in [4.69, 9.17) is 5.73 Å². The number of carbonyl (C=O) groups excluding carboxylic acids is 2. The molecule has 1 aromatic carbocycles. The third-order valence-corrected chi connectivity index (χ3v) is 4.53. The first-order valence-corrected chi connectivity index (χ1v) is 7.83. The quantitative estimate of drug-likeness (QED) is 0.860. The molecule has 114 valence electrons. The SMILES string of the molecule is CC1CCN(CC(=O)NC(=O)c2ccccc2Br)CC1N. The van der Waals surface area contributed by atoms with E-state index in [0.29, 0.717) is 22.5 Å². The Bertz CT molecular complexity index is 535. The maximum absolute atomic E-state index is 12.0. The molecule has 1 fully saturated rings. The highest BCUT2D eigenvalue weighted by molar-refractivity contribution is 9.10. The molecule has 1 saturated heterocycles. The fraction of sp³-hybridized carbons (Fsp3) is 0.467. The van der Waals surface area contributed by atoms with Crippen LogP contribution in [-0.2, 0) is 4.79 Å². The zero-order valence-electron chi connectivity index (χ0n) is 12.0. The Kier molecular flexibility index (Phi) is 5.50. The molecule has 6 heteroatoms. The highest BCUT2D eigenvalue weighted by Crippen LogP contribution is 2.16. The Morgan fingerprint density at radius 2 is 2.14 bits per heavy atom. The van der Waals surface area contributed by atoms with E-state index in [1.807, 2.05) is 11.0 Å². The second-order valence-corrected chi connectivity index (χ2v) is 6.38. The van der Waals surface area contributed by atoms with Crippen molar-refractivity contribution < 1.29 is 9.59 Å². The molecule has 1 aromatic rings. The summed E-state index contributed by atoms with van der Waals surface area (Å²) in [5.41, 5.74) is 6.46. The van der Waals surface area contributed by atoms with E-state index in [0.717, 1.165) is 13.0 Å². The Labute approximate surface area is 133 Å². The van der Waals surface area contributed by atoms with E-state index >= 15 is 0 Å². The first-order chi connectivity index (χ1) is 9.97. The summed E-state index contributed by atoms with van der Waals surface area (Å²) in [6.45, 7) is 3.86. The van der Waals surface area contributed by atoms with Gasteiger partial charge >= 0.3 is 0 Å². The van der Waals surface area contributed by atoms with Crippen LogP contribution in [0.2, 0.25) is 0 Å². The van der Waals surface area contributed by atoms with Crippen molar-refractivity contribution in [3.63, 3.8) is 0 Å². The monoisotopic (exact) mass is 353 g/mol. The molecule has 1 heterocycles. The van der Waals surface area contributed by atoms with Crippen LogP contribution in [-0.4, -0.2) is 42.4 Å². The van der Waals surface area contributed by atoms with Crippen molar-refractivity contribution in [1.82, 2.24) is 10.2 Å². The summed E-state index contributed by atoms with van der Waals surface area (Å²) in [7, 11) is 0. The summed E-state index contributed by atoms with van der Waals surface area (Å²) >= 11 is 3.30. The number of piperidine rings is 1. The lowest BCUT2D eigenvalue weighted by Gasteiger charge is -2.34. The minimum atomic E-state index is -0.387. The summed E-state index contributed by atoms with van der Waals surface area (Å²) in [5.74, 6) is -0.203. The van der Waals surface area contributed by atoms with Gasteiger partial charge in [0.1, 0.15) is 0 Å². The first-order valence-electron chi connectivity index (χ1n) is 7.04. The number of nitrogens with two attached hydrogens (primary N) is 1. The number of rotatable bonds is 3. The van der Waals surface area contributed by atoms with Crippen LogP contribution in [0.1, 0.15) is 23.7 Å². The Balaban J connectivity index is 1.88. The molecule has 0 bridgehead atoms. The maximum atomic E-state index is 12.0. The van der Waals surface area contributed by atoms with Gasteiger partial charge < -0.3 is 5.73 Å². The largest absolute Gasteiger partial charge is 0.326 e. The van der Waals surface area contributed by atoms with E-state index in [2.05, 4.69) is 28.2 Å². The molecule has 21 heavy (non-hydrogen) atoms. The summed E-state index contributed by atoms with van der Waals surface area (Å²) in [5, 5.41) is 2.42. The molecule has 0 aliphatic carbocycles. The number of imide groups is 1. The van der Waals surface area contributed by atoms with Crippen molar-refractivity contribution in [2.24, 2.45) is 11.7 Å². The molecule has 2 amide bonds. The molecular formula is C15H20BrN3O2. The van der Waals surface area contributed by atoms with Crippen LogP contribution in [0.4, 0.5) is 0 Å². The molecule has 2 atom stereocenters. The average Bonchev–Trinajstić information content (AvgIpc) is 2.43. The van der Waals surface area contributed by atoms with Crippen LogP contribution < -0.4 is 11.1 Å². The van der Waals surface area contributed by atoms with Gasteiger partial charge in [-0.05, 0) is 46.9 Å². The number of nitrogens with zero attached hydrogens (tertiary/aromatic N) is 1. The number of benzene rings is 1. The molecule has 0 spiro atoms. The van der Waals surface area contributed by atoms with Crippen molar-refractivity contribution in [2.75, 3.05) is 19.6 Å². The van der Waals surface area contributed by atoms with Crippen LogP contribution in [0.5, 0.6) is 0 Å². The standard InChI is InChI=1S/C15H20BrN3O2/c1-10-6-7-19(8-13(10)17)9-14(20)18-15(21)11-4-2-3-5-12(11)16/h2-5,10,13H,6-9,17H2,1H3,(H,18,20,21). The lowest BCUT2D eigenvalue weighted by atomic mass is 9.94. The lowest BCUT2D eigenvalue weighted by molar-refractivity contribution is -0.121. The van der Waals surface area contributed by atoms with Crippen LogP contribution >= 0.6 is 15.9 Å². The summed E-state index contributed by atoms with van der Waals surface area (Å²) in [6.07, 6.45) is 0.979. The second kappa shape index (κ2) is 7.15. The average molecular weight is 354 g/mol. The van der Waals surface area contributed by atoms with E-state index < -0.39 is 0 Å². The van der Waals surface area contributed by atoms with Gasteiger partial charge in [0.2, 0.25) is 5.91 Å². The van der Waals surface area contributed by atoms with Crippen molar-refractivity contribution in [3.05, 3.63) is 34.3 Å². The summed E-state index contributed by atoms with van der Waals surface area (Å²) in [4.78, 5) is 26.0. The van der Waals surface area contributed by atoms with Gasteiger partial charge in [-0.1, -0.05) is 19.1 Å². The molecule has 2 rings (SSSR count). The first kappa shape index (κ1) is 16.1. The lowest BCUT2D eigenvalue weighted by Crippen LogP contribution is -2.50. The Morgan fingerprint density at radius 1 is 1.43 bits per heavy atom. The smallest absolute Gasteiger partial charge is 0.259 e. The molecule has 5 nitrogen and oxygen atoms in total. The molecule has 0 aromatic heterocycles. The van der Waals surface area contributed by atoms with Gasteiger partial charge in [0.15, 0.2) is 0 Å². The third-order valence-electron chi connectivity index (χ3n) is 3.84. The van der Waals surface area contributed by atoms with Crippen molar-refractivity contribution in [1.29, 1.82) is 0 Å². The van der Waals surface area contributed by atoms with Crippen LogP contribution in [0.3, 0.4) is 0 Å². The number of hydrogen-bond acceptors (Lipinski definition) is 4. The summed E-state index contributed by atoms with van der Waals surface area (Å²) < 4.78 is 0.670.